The smallest absolute Gasteiger partial charge is 0.273 e. The Balaban J connectivity index is 2.85. The number of nitrogens with zero attached hydrogens (tertiary/aromatic N) is 3. The van der Waals surface area contributed by atoms with Gasteiger partial charge in [0, 0.05) is 18.0 Å². The molecule has 98 valence electrons. The van der Waals surface area contributed by atoms with Crippen molar-refractivity contribution < 1.29 is 4.79 Å². The number of amides is 1. The first-order chi connectivity index (χ1) is 8.47. The summed E-state index contributed by atoms with van der Waals surface area (Å²) in [5.41, 5.74) is 6.14. The molecule has 0 spiro atoms. The summed E-state index contributed by atoms with van der Waals surface area (Å²) in [5, 5.41) is 11.1. The maximum absolute atomic E-state index is 12.2. The number of nitrogens with two attached hydrogens (primary N) is 1. The largest absolute Gasteiger partial charge is 0.334 e. The first-order valence-electron chi connectivity index (χ1n) is 5.86. The van der Waals surface area contributed by atoms with Crippen LogP contribution in [0.25, 0.3) is 0 Å². The molecular formula is C12H18N4OS. The van der Waals surface area contributed by atoms with Gasteiger partial charge in [-0.2, -0.15) is 5.26 Å². The Hall–Kier alpha value is -1.45. The summed E-state index contributed by atoms with van der Waals surface area (Å²) in [7, 11) is 0. The minimum atomic E-state index is -0.164. The molecule has 1 unspecified atom stereocenters. The van der Waals surface area contributed by atoms with Gasteiger partial charge in [-0.25, -0.2) is 4.98 Å². The third kappa shape index (κ3) is 3.52. The van der Waals surface area contributed by atoms with Gasteiger partial charge in [-0.05, 0) is 20.8 Å². The Bertz CT molecular complexity index is 447. The minimum absolute atomic E-state index is 0.0475. The summed E-state index contributed by atoms with van der Waals surface area (Å²) in [6.45, 7) is 6.11. The van der Waals surface area contributed by atoms with E-state index in [2.05, 4.69) is 11.1 Å². The summed E-state index contributed by atoms with van der Waals surface area (Å²) in [6, 6.07) is 1.93. The second-order valence-electron chi connectivity index (χ2n) is 4.36. The normalized spacial score (nSPS) is 12.2. The Morgan fingerprint density at radius 2 is 2.28 bits per heavy atom. The topological polar surface area (TPSA) is 83.0 Å². The van der Waals surface area contributed by atoms with Crippen molar-refractivity contribution in [1.82, 2.24) is 9.88 Å². The SMILES string of the molecule is CC(N)c1nc(C(=O)N(CCC#N)C(C)C)cs1. The first-order valence-corrected chi connectivity index (χ1v) is 6.74. The Morgan fingerprint density at radius 1 is 1.61 bits per heavy atom. The van der Waals surface area contributed by atoms with Crippen molar-refractivity contribution >= 4 is 17.2 Å². The molecule has 0 aliphatic rings. The van der Waals surface area contributed by atoms with E-state index in [9.17, 15) is 4.79 Å². The molecule has 0 radical (unpaired) electrons. The molecule has 1 amide bonds. The molecule has 6 heteroatoms. The highest BCUT2D eigenvalue weighted by atomic mass is 32.1. The molecule has 1 rings (SSSR count). The molecule has 0 aliphatic carbocycles. The molecule has 2 N–H and O–H groups in total. The van der Waals surface area contributed by atoms with Crippen LogP contribution in [0, 0.1) is 11.3 Å². The third-order valence-corrected chi connectivity index (χ3v) is 3.52. The predicted octanol–water partition coefficient (Wildman–Crippen LogP) is 1.93. The van der Waals surface area contributed by atoms with E-state index in [0.29, 0.717) is 18.7 Å². The fraction of sp³-hybridized carbons (Fsp3) is 0.583. The molecule has 0 saturated carbocycles. The lowest BCUT2D eigenvalue weighted by Gasteiger charge is -2.24. The number of hydrogen-bond acceptors (Lipinski definition) is 5. The standard InChI is InChI=1S/C12H18N4OS/c1-8(2)16(6-4-5-13)12(17)10-7-18-11(15-10)9(3)14/h7-9H,4,6,14H2,1-3H3. The van der Waals surface area contributed by atoms with Gasteiger partial charge in [-0.15, -0.1) is 11.3 Å². The van der Waals surface area contributed by atoms with E-state index in [4.69, 9.17) is 11.0 Å². The van der Waals surface area contributed by atoms with Crippen molar-refractivity contribution in [3.8, 4) is 6.07 Å². The van der Waals surface area contributed by atoms with E-state index in [-0.39, 0.29) is 18.0 Å². The fourth-order valence-corrected chi connectivity index (χ4v) is 2.26. The summed E-state index contributed by atoms with van der Waals surface area (Å²) < 4.78 is 0. The summed E-state index contributed by atoms with van der Waals surface area (Å²) in [4.78, 5) is 18.1. The molecule has 5 nitrogen and oxygen atoms in total. The van der Waals surface area contributed by atoms with Gasteiger partial charge in [0.15, 0.2) is 0 Å². The quantitative estimate of drug-likeness (QED) is 0.882. The highest BCUT2D eigenvalue weighted by Crippen LogP contribution is 2.18. The van der Waals surface area contributed by atoms with Gasteiger partial charge >= 0.3 is 0 Å². The van der Waals surface area contributed by atoms with Gasteiger partial charge in [0.2, 0.25) is 0 Å². The van der Waals surface area contributed by atoms with Crippen LogP contribution in [0.3, 0.4) is 0 Å². The molecule has 1 heterocycles. The zero-order chi connectivity index (χ0) is 13.7. The van der Waals surface area contributed by atoms with Crippen LogP contribution in [-0.2, 0) is 0 Å². The van der Waals surface area contributed by atoms with Crippen LogP contribution < -0.4 is 5.73 Å². The maximum atomic E-state index is 12.2. The van der Waals surface area contributed by atoms with E-state index in [1.54, 1.807) is 10.3 Å². The van der Waals surface area contributed by atoms with E-state index in [0.717, 1.165) is 5.01 Å². The van der Waals surface area contributed by atoms with Crippen LogP contribution in [0.4, 0.5) is 0 Å². The highest BCUT2D eigenvalue weighted by Gasteiger charge is 2.21. The average Bonchev–Trinajstić information content (AvgIpc) is 2.78. The number of aromatic nitrogens is 1. The number of nitriles is 1. The molecule has 1 aromatic rings. The Labute approximate surface area is 111 Å². The lowest BCUT2D eigenvalue weighted by Crippen LogP contribution is -2.37. The lowest BCUT2D eigenvalue weighted by molar-refractivity contribution is 0.0705. The monoisotopic (exact) mass is 266 g/mol. The summed E-state index contributed by atoms with van der Waals surface area (Å²) >= 11 is 1.39. The number of carbonyl (C=O) groups excluding carboxylic acids is 1. The Morgan fingerprint density at radius 3 is 2.72 bits per heavy atom. The van der Waals surface area contributed by atoms with Crippen molar-refractivity contribution in [2.75, 3.05) is 6.54 Å². The number of thiazole rings is 1. The zero-order valence-corrected chi connectivity index (χ0v) is 11.7. The van der Waals surface area contributed by atoms with Gasteiger partial charge in [0.25, 0.3) is 5.91 Å². The van der Waals surface area contributed by atoms with Gasteiger partial charge in [0.1, 0.15) is 10.7 Å². The molecule has 18 heavy (non-hydrogen) atoms. The van der Waals surface area contributed by atoms with Crippen molar-refractivity contribution in [2.24, 2.45) is 5.73 Å². The van der Waals surface area contributed by atoms with Gasteiger partial charge < -0.3 is 10.6 Å². The van der Waals surface area contributed by atoms with E-state index >= 15 is 0 Å². The van der Waals surface area contributed by atoms with E-state index < -0.39 is 0 Å². The molecule has 0 aliphatic heterocycles. The summed E-state index contributed by atoms with van der Waals surface area (Å²) in [5.74, 6) is -0.136. The second-order valence-corrected chi connectivity index (χ2v) is 5.25. The maximum Gasteiger partial charge on any atom is 0.273 e. The molecule has 1 atom stereocenters. The summed E-state index contributed by atoms with van der Waals surface area (Å²) in [6.07, 6.45) is 0.328. The first kappa shape index (κ1) is 14.6. The molecule has 0 fully saturated rings. The third-order valence-electron chi connectivity index (χ3n) is 2.48. The molecule has 0 aromatic carbocycles. The van der Waals surface area contributed by atoms with Crippen molar-refractivity contribution in [2.45, 2.75) is 39.3 Å². The van der Waals surface area contributed by atoms with E-state index in [1.807, 2.05) is 20.8 Å². The molecule has 0 saturated heterocycles. The second kappa shape index (κ2) is 6.47. The molecule has 1 aromatic heterocycles. The van der Waals surface area contributed by atoms with Crippen LogP contribution in [0.1, 0.15) is 48.7 Å². The van der Waals surface area contributed by atoms with Crippen LogP contribution in [-0.4, -0.2) is 28.4 Å². The fourth-order valence-electron chi connectivity index (χ4n) is 1.51. The van der Waals surface area contributed by atoms with Crippen molar-refractivity contribution in [3.05, 3.63) is 16.1 Å². The van der Waals surface area contributed by atoms with Gasteiger partial charge in [-0.3, -0.25) is 4.79 Å². The average molecular weight is 266 g/mol. The van der Waals surface area contributed by atoms with Crippen molar-refractivity contribution in [3.63, 3.8) is 0 Å². The number of carbonyl (C=O) groups is 1. The molecule has 0 bridgehead atoms. The van der Waals surface area contributed by atoms with Crippen LogP contribution in [0.5, 0.6) is 0 Å². The van der Waals surface area contributed by atoms with Crippen molar-refractivity contribution in [1.29, 1.82) is 5.26 Å². The predicted molar refractivity (Wildman–Crippen MR) is 71.1 cm³/mol. The van der Waals surface area contributed by atoms with Gasteiger partial charge in [0.05, 0.1) is 18.5 Å². The lowest BCUT2D eigenvalue weighted by atomic mass is 10.2. The van der Waals surface area contributed by atoms with E-state index in [1.165, 1.54) is 11.3 Å². The van der Waals surface area contributed by atoms with Crippen LogP contribution in [0.2, 0.25) is 0 Å². The highest BCUT2D eigenvalue weighted by molar-refractivity contribution is 7.09. The van der Waals surface area contributed by atoms with Crippen LogP contribution in [0.15, 0.2) is 5.38 Å². The number of hydrogen-bond donors (Lipinski definition) is 1. The molecular weight excluding hydrogens is 248 g/mol. The van der Waals surface area contributed by atoms with Crippen LogP contribution >= 0.6 is 11.3 Å². The van der Waals surface area contributed by atoms with Gasteiger partial charge in [-0.1, -0.05) is 0 Å². The minimum Gasteiger partial charge on any atom is -0.334 e. The Kier molecular flexibility index (Phi) is 5.25. The zero-order valence-electron chi connectivity index (χ0n) is 10.9. The number of rotatable bonds is 5.